The van der Waals surface area contributed by atoms with E-state index in [9.17, 15) is 0 Å². The molecule has 0 spiro atoms. The topological polar surface area (TPSA) is 0 Å². The summed E-state index contributed by atoms with van der Waals surface area (Å²) in [6, 6.07) is 0. The highest BCUT2D eigenvalue weighted by atomic mass is 14.5. The molecular weight excluding hydrogens is 288 g/mol. The molecule has 0 saturated heterocycles. The van der Waals surface area contributed by atoms with E-state index in [-0.39, 0.29) is 0 Å². The summed E-state index contributed by atoms with van der Waals surface area (Å²) in [4.78, 5) is 0. The van der Waals surface area contributed by atoms with Gasteiger partial charge in [0.15, 0.2) is 0 Å². The fourth-order valence-corrected chi connectivity index (χ4v) is 5.01. The monoisotopic (exact) mass is 330 g/mol. The number of fused-ring (bicyclic) bond motifs is 1. The van der Waals surface area contributed by atoms with Gasteiger partial charge in [-0.05, 0) is 73.5 Å². The predicted molar refractivity (Wildman–Crippen MR) is 108 cm³/mol. The van der Waals surface area contributed by atoms with Crippen LogP contribution in [0.25, 0.3) is 0 Å². The van der Waals surface area contributed by atoms with Crippen LogP contribution >= 0.6 is 0 Å². The molecule has 3 atom stereocenters. The van der Waals surface area contributed by atoms with Gasteiger partial charge in [-0.15, -0.1) is 0 Å². The molecule has 0 heterocycles. The van der Waals surface area contributed by atoms with E-state index in [1.807, 2.05) is 0 Å². The molecule has 0 bridgehead atoms. The Morgan fingerprint density at radius 3 is 2.54 bits per heavy atom. The van der Waals surface area contributed by atoms with Crippen molar-refractivity contribution < 1.29 is 0 Å². The Bertz CT molecular complexity index is 497. The lowest BCUT2D eigenvalue weighted by Crippen LogP contribution is -2.43. The summed E-state index contributed by atoms with van der Waals surface area (Å²) in [5.41, 5.74) is 4.72. The first-order valence-corrected chi connectivity index (χ1v) is 10.3. The third-order valence-corrected chi connectivity index (χ3v) is 7.19. The molecule has 0 nitrogen and oxygen atoms in total. The van der Waals surface area contributed by atoms with Crippen molar-refractivity contribution in [2.24, 2.45) is 28.1 Å². The number of allylic oxidation sites excluding steroid dienone is 4. The van der Waals surface area contributed by atoms with Crippen molar-refractivity contribution in [3.63, 3.8) is 0 Å². The predicted octanol–water partition coefficient (Wildman–Crippen LogP) is 7.95. The molecule has 0 amide bonds. The van der Waals surface area contributed by atoms with Gasteiger partial charge in [-0.3, -0.25) is 0 Å². The van der Waals surface area contributed by atoms with E-state index in [2.05, 4.69) is 67.5 Å². The van der Waals surface area contributed by atoms with Crippen molar-refractivity contribution in [2.45, 2.75) is 100 Å². The van der Waals surface area contributed by atoms with Crippen LogP contribution in [0.3, 0.4) is 0 Å². The molecule has 2 aliphatic rings. The number of rotatable bonds is 4. The van der Waals surface area contributed by atoms with E-state index in [4.69, 9.17) is 0 Å². The quantitative estimate of drug-likeness (QED) is 0.459. The number of hydrogen-bond acceptors (Lipinski definition) is 0. The lowest BCUT2D eigenvalue weighted by Gasteiger charge is -2.53. The molecule has 0 N–H and O–H groups in total. The summed E-state index contributed by atoms with van der Waals surface area (Å²) in [6.07, 6.45) is 14.5. The number of hydrogen-bond donors (Lipinski definition) is 0. The van der Waals surface area contributed by atoms with Crippen LogP contribution < -0.4 is 0 Å². The van der Waals surface area contributed by atoms with E-state index < -0.39 is 0 Å². The maximum atomic E-state index is 2.62. The largest absolute Gasteiger partial charge is 0.0851 e. The summed E-state index contributed by atoms with van der Waals surface area (Å²) in [5, 5.41) is 0. The normalized spacial score (nSPS) is 33.8. The van der Waals surface area contributed by atoms with Gasteiger partial charge < -0.3 is 0 Å². The van der Waals surface area contributed by atoms with E-state index in [1.54, 1.807) is 11.1 Å². The summed E-state index contributed by atoms with van der Waals surface area (Å²) in [5.74, 6) is 1.64. The second kappa shape index (κ2) is 7.00. The molecule has 1 fully saturated rings. The van der Waals surface area contributed by atoms with Gasteiger partial charge in [-0.2, -0.15) is 0 Å². The summed E-state index contributed by atoms with van der Waals surface area (Å²) in [6.45, 7) is 19.4. The van der Waals surface area contributed by atoms with Crippen LogP contribution in [-0.2, 0) is 0 Å². The van der Waals surface area contributed by atoms with Crippen molar-refractivity contribution in [1.82, 2.24) is 0 Å². The fraction of sp³-hybridized carbons (Fsp3) is 0.833. The Labute approximate surface area is 152 Å². The molecule has 0 aromatic heterocycles. The van der Waals surface area contributed by atoms with Gasteiger partial charge in [0, 0.05) is 0 Å². The second-order valence-corrected chi connectivity index (χ2v) is 10.9. The van der Waals surface area contributed by atoms with Crippen molar-refractivity contribution in [1.29, 1.82) is 0 Å². The molecule has 0 radical (unpaired) electrons. The summed E-state index contributed by atoms with van der Waals surface area (Å²) in [7, 11) is 0. The molecular formula is C24H42. The fourth-order valence-electron chi connectivity index (χ4n) is 5.01. The maximum absolute atomic E-state index is 2.62. The molecule has 2 rings (SSSR count). The minimum Gasteiger partial charge on any atom is -0.0851 e. The van der Waals surface area contributed by atoms with Gasteiger partial charge in [0.2, 0.25) is 0 Å². The van der Waals surface area contributed by atoms with Crippen LogP contribution in [0.1, 0.15) is 100 Å². The molecule has 0 aromatic carbocycles. The van der Waals surface area contributed by atoms with Gasteiger partial charge in [-0.1, -0.05) is 78.2 Å². The highest BCUT2D eigenvalue weighted by Crippen LogP contribution is 2.58. The van der Waals surface area contributed by atoms with Gasteiger partial charge in [0.05, 0.1) is 0 Å². The highest BCUT2D eigenvalue weighted by molar-refractivity contribution is 5.25. The average Bonchev–Trinajstić information content (AvgIpc) is 2.46. The molecule has 0 aliphatic heterocycles. The lowest BCUT2D eigenvalue weighted by atomic mass is 9.52. The van der Waals surface area contributed by atoms with Crippen LogP contribution in [0, 0.1) is 28.1 Å². The highest BCUT2D eigenvalue weighted by Gasteiger charge is 2.47. The van der Waals surface area contributed by atoms with Gasteiger partial charge in [0.1, 0.15) is 0 Å². The van der Waals surface area contributed by atoms with E-state index in [1.165, 1.54) is 44.9 Å². The van der Waals surface area contributed by atoms with E-state index >= 15 is 0 Å². The Kier molecular flexibility index (Phi) is 5.78. The summed E-state index contributed by atoms with van der Waals surface area (Å²) < 4.78 is 0. The van der Waals surface area contributed by atoms with Crippen molar-refractivity contribution in [3.8, 4) is 0 Å². The minimum atomic E-state index is 0.409. The smallest absolute Gasteiger partial charge is 0.0141 e. The molecule has 0 heteroatoms. The summed E-state index contributed by atoms with van der Waals surface area (Å²) >= 11 is 0. The molecule has 0 aromatic rings. The maximum Gasteiger partial charge on any atom is -0.0141 e. The molecule has 2 aliphatic carbocycles. The van der Waals surface area contributed by atoms with Crippen LogP contribution in [0.2, 0.25) is 0 Å². The third kappa shape index (κ3) is 4.36. The Balaban J connectivity index is 2.11. The Morgan fingerprint density at radius 2 is 1.92 bits per heavy atom. The minimum absolute atomic E-state index is 0.409. The van der Waals surface area contributed by atoms with Crippen LogP contribution in [0.15, 0.2) is 23.3 Å². The Morgan fingerprint density at radius 1 is 1.25 bits per heavy atom. The lowest BCUT2D eigenvalue weighted by molar-refractivity contribution is 0.0583. The molecule has 1 saturated carbocycles. The zero-order valence-corrected chi connectivity index (χ0v) is 17.8. The third-order valence-electron chi connectivity index (χ3n) is 7.19. The van der Waals surface area contributed by atoms with E-state index in [0.717, 1.165) is 11.8 Å². The van der Waals surface area contributed by atoms with E-state index in [0.29, 0.717) is 16.2 Å². The van der Waals surface area contributed by atoms with Gasteiger partial charge in [0.25, 0.3) is 0 Å². The van der Waals surface area contributed by atoms with Crippen LogP contribution in [-0.4, -0.2) is 0 Å². The zero-order chi connectivity index (χ0) is 18.2. The van der Waals surface area contributed by atoms with Crippen molar-refractivity contribution in [2.75, 3.05) is 0 Å². The van der Waals surface area contributed by atoms with Gasteiger partial charge in [-0.25, -0.2) is 0 Å². The first kappa shape index (κ1) is 19.8. The first-order valence-electron chi connectivity index (χ1n) is 10.3. The standard InChI is InChI=1S/C24H42/c1-18(13-16-22(3,4)5)14-17-24(8)19(2)11-12-20-21(24)10-9-15-23(20,6)7/h12-13,19,21H,9-11,14-17H2,1-8H3/b18-13+/t19-,21-,24?/m1/s1. The average molecular weight is 331 g/mol. The first-order chi connectivity index (χ1) is 11.0. The molecule has 1 unspecified atom stereocenters. The van der Waals surface area contributed by atoms with Gasteiger partial charge >= 0.3 is 0 Å². The Hall–Kier alpha value is -0.520. The van der Waals surface area contributed by atoms with Crippen molar-refractivity contribution in [3.05, 3.63) is 23.3 Å². The second-order valence-electron chi connectivity index (χ2n) is 10.9. The SMILES string of the molecule is C/C(=C\CC(C)(C)C)CCC1(C)[C@H](C)CC=C2[C@H]1CCCC2(C)C. The molecule has 24 heavy (non-hydrogen) atoms. The molecule has 138 valence electrons. The van der Waals surface area contributed by atoms with Crippen molar-refractivity contribution >= 4 is 0 Å². The van der Waals surface area contributed by atoms with Crippen LogP contribution in [0.5, 0.6) is 0 Å². The zero-order valence-electron chi connectivity index (χ0n) is 17.8. The van der Waals surface area contributed by atoms with Crippen LogP contribution in [0.4, 0.5) is 0 Å².